The first kappa shape index (κ1) is 20.0. The Bertz CT molecular complexity index is 1260. The minimum Gasteiger partial charge on any atom is -0.367 e. The molecule has 0 saturated carbocycles. The molecule has 1 amide bonds. The molecule has 3 heterocycles. The molecule has 1 aliphatic heterocycles. The summed E-state index contributed by atoms with van der Waals surface area (Å²) in [5.41, 5.74) is 4.75. The van der Waals surface area contributed by atoms with Gasteiger partial charge in [0.05, 0.1) is 17.6 Å². The molecule has 1 saturated heterocycles. The summed E-state index contributed by atoms with van der Waals surface area (Å²) in [5.74, 6) is -0.241. The molecular formula is C25H24N6O. The van der Waals surface area contributed by atoms with E-state index in [9.17, 15) is 4.79 Å². The van der Waals surface area contributed by atoms with Crippen LogP contribution in [0.1, 0.15) is 21.6 Å². The van der Waals surface area contributed by atoms with Crippen LogP contribution >= 0.6 is 0 Å². The Hall–Kier alpha value is -3.97. The molecule has 4 aromatic rings. The normalized spacial score (nSPS) is 14.2. The van der Waals surface area contributed by atoms with Crippen LogP contribution in [0.4, 0.5) is 11.4 Å². The summed E-state index contributed by atoms with van der Waals surface area (Å²) in [5, 5.41) is 10.8. The zero-order valence-electron chi connectivity index (χ0n) is 17.6. The van der Waals surface area contributed by atoms with Crippen molar-refractivity contribution in [3.63, 3.8) is 0 Å². The molecule has 2 aromatic carbocycles. The minimum atomic E-state index is -0.241. The number of amides is 1. The zero-order chi connectivity index (χ0) is 21.8. The van der Waals surface area contributed by atoms with E-state index >= 15 is 0 Å². The molecule has 0 atom stereocenters. The maximum Gasteiger partial charge on any atom is 0.274 e. The number of nitrogens with zero attached hydrogens (tertiary/aromatic N) is 4. The summed E-state index contributed by atoms with van der Waals surface area (Å²) in [4.78, 5) is 19.9. The number of anilines is 2. The van der Waals surface area contributed by atoms with Crippen LogP contribution in [0.2, 0.25) is 0 Å². The topological polar surface area (TPSA) is 74.6 Å². The van der Waals surface area contributed by atoms with E-state index in [2.05, 4.69) is 25.6 Å². The molecule has 1 fully saturated rings. The van der Waals surface area contributed by atoms with Gasteiger partial charge in [-0.1, -0.05) is 48.5 Å². The third kappa shape index (κ3) is 4.24. The highest BCUT2D eigenvalue weighted by molar-refractivity contribution is 6.05. The molecule has 0 spiro atoms. The first-order valence-electron chi connectivity index (χ1n) is 10.7. The fraction of sp³-hybridized carbons (Fsp3) is 0.160. The van der Waals surface area contributed by atoms with Gasteiger partial charge in [-0.15, -0.1) is 0 Å². The van der Waals surface area contributed by atoms with E-state index in [0.717, 1.165) is 48.7 Å². The summed E-state index contributed by atoms with van der Waals surface area (Å²) >= 11 is 0. The smallest absolute Gasteiger partial charge is 0.274 e. The van der Waals surface area contributed by atoms with Gasteiger partial charge in [0.2, 0.25) is 0 Å². The number of carbonyl (C=O) groups excluding carboxylic acids is 1. The van der Waals surface area contributed by atoms with Crippen LogP contribution in [0.25, 0.3) is 17.8 Å². The van der Waals surface area contributed by atoms with Gasteiger partial charge >= 0.3 is 0 Å². The van der Waals surface area contributed by atoms with Gasteiger partial charge in [0.25, 0.3) is 5.91 Å². The summed E-state index contributed by atoms with van der Waals surface area (Å²) in [7, 11) is 0. The van der Waals surface area contributed by atoms with Crippen molar-refractivity contribution >= 4 is 35.1 Å². The van der Waals surface area contributed by atoms with E-state index < -0.39 is 0 Å². The lowest BCUT2D eigenvalue weighted by atomic mass is 10.2. The predicted octanol–water partition coefficient (Wildman–Crippen LogP) is 3.56. The van der Waals surface area contributed by atoms with Crippen molar-refractivity contribution in [2.24, 2.45) is 0 Å². The molecule has 2 aromatic heterocycles. The Morgan fingerprint density at radius 2 is 1.75 bits per heavy atom. The number of nitrogens with one attached hydrogen (secondary N) is 2. The Kier molecular flexibility index (Phi) is 5.63. The predicted molar refractivity (Wildman–Crippen MR) is 128 cm³/mol. The molecule has 0 bridgehead atoms. The van der Waals surface area contributed by atoms with Gasteiger partial charge in [-0.3, -0.25) is 4.79 Å². The van der Waals surface area contributed by atoms with Crippen LogP contribution in [0.5, 0.6) is 0 Å². The first-order chi connectivity index (χ1) is 15.8. The Balaban J connectivity index is 1.39. The number of piperazine rings is 1. The van der Waals surface area contributed by atoms with E-state index in [1.807, 2.05) is 66.7 Å². The molecule has 7 heteroatoms. The molecule has 160 valence electrons. The van der Waals surface area contributed by atoms with Crippen molar-refractivity contribution in [1.29, 1.82) is 0 Å². The number of benzene rings is 2. The molecular weight excluding hydrogens is 400 g/mol. The number of hydrogen-bond donors (Lipinski definition) is 2. The Labute approximate surface area is 186 Å². The fourth-order valence-electron chi connectivity index (χ4n) is 3.83. The molecule has 32 heavy (non-hydrogen) atoms. The van der Waals surface area contributed by atoms with Gasteiger partial charge in [0.15, 0.2) is 5.65 Å². The maximum atomic E-state index is 13.1. The lowest BCUT2D eigenvalue weighted by Gasteiger charge is -2.31. The largest absolute Gasteiger partial charge is 0.367 e. The van der Waals surface area contributed by atoms with Crippen molar-refractivity contribution in [2.75, 3.05) is 36.4 Å². The molecule has 5 rings (SSSR count). The van der Waals surface area contributed by atoms with Crippen LogP contribution in [-0.4, -0.2) is 46.7 Å². The Morgan fingerprint density at radius 1 is 0.969 bits per heavy atom. The van der Waals surface area contributed by atoms with Gasteiger partial charge < -0.3 is 15.5 Å². The van der Waals surface area contributed by atoms with Gasteiger partial charge in [-0.2, -0.15) is 5.10 Å². The minimum absolute atomic E-state index is 0.241. The lowest BCUT2D eigenvalue weighted by Crippen LogP contribution is -2.43. The number of aromatic nitrogens is 3. The zero-order valence-corrected chi connectivity index (χ0v) is 17.6. The molecule has 2 N–H and O–H groups in total. The standard InChI is InChI=1S/C25H24N6O/c32-25(29-21-8-4-5-9-23(21)30-16-13-26-14-17-30)22-12-15-31-24(28-22)20(18-27-31)11-10-19-6-2-1-3-7-19/h1-12,15,18,26H,13-14,16-17H2,(H,29,32). The van der Waals surface area contributed by atoms with Gasteiger partial charge in [0, 0.05) is 37.9 Å². The lowest BCUT2D eigenvalue weighted by molar-refractivity contribution is 0.102. The first-order valence-corrected chi connectivity index (χ1v) is 10.7. The summed E-state index contributed by atoms with van der Waals surface area (Å²) in [6.07, 6.45) is 7.49. The number of fused-ring (bicyclic) bond motifs is 1. The quantitative estimate of drug-likeness (QED) is 0.512. The highest BCUT2D eigenvalue weighted by atomic mass is 16.1. The summed E-state index contributed by atoms with van der Waals surface area (Å²) < 4.78 is 1.68. The van der Waals surface area contributed by atoms with Crippen LogP contribution in [-0.2, 0) is 0 Å². The number of carbonyl (C=O) groups is 1. The average molecular weight is 425 g/mol. The number of para-hydroxylation sites is 2. The van der Waals surface area contributed by atoms with Crippen LogP contribution in [0.15, 0.2) is 73.1 Å². The monoisotopic (exact) mass is 424 g/mol. The van der Waals surface area contributed by atoms with E-state index in [0.29, 0.717) is 11.3 Å². The second-order valence-corrected chi connectivity index (χ2v) is 7.63. The second-order valence-electron chi connectivity index (χ2n) is 7.63. The van der Waals surface area contributed by atoms with E-state index in [1.165, 1.54) is 0 Å². The third-order valence-electron chi connectivity index (χ3n) is 5.49. The summed E-state index contributed by atoms with van der Waals surface area (Å²) in [6, 6.07) is 19.6. The molecule has 0 aliphatic carbocycles. The third-order valence-corrected chi connectivity index (χ3v) is 5.49. The van der Waals surface area contributed by atoms with Crippen molar-refractivity contribution in [1.82, 2.24) is 19.9 Å². The van der Waals surface area contributed by atoms with Crippen molar-refractivity contribution < 1.29 is 4.79 Å². The van der Waals surface area contributed by atoms with Crippen molar-refractivity contribution in [3.8, 4) is 0 Å². The van der Waals surface area contributed by atoms with E-state index in [-0.39, 0.29) is 5.91 Å². The highest BCUT2D eigenvalue weighted by Gasteiger charge is 2.17. The van der Waals surface area contributed by atoms with Gasteiger partial charge in [-0.05, 0) is 29.8 Å². The van der Waals surface area contributed by atoms with Crippen molar-refractivity contribution in [3.05, 3.63) is 89.9 Å². The summed E-state index contributed by atoms with van der Waals surface area (Å²) in [6.45, 7) is 3.68. The Morgan fingerprint density at radius 3 is 2.59 bits per heavy atom. The fourth-order valence-corrected chi connectivity index (χ4v) is 3.83. The molecule has 0 radical (unpaired) electrons. The van der Waals surface area contributed by atoms with Crippen LogP contribution < -0.4 is 15.5 Å². The van der Waals surface area contributed by atoms with Crippen LogP contribution in [0.3, 0.4) is 0 Å². The van der Waals surface area contributed by atoms with E-state index in [4.69, 9.17) is 0 Å². The molecule has 1 aliphatic rings. The van der Waals surface area contributed by atoms with E-state index in [1.54, 1.807) is 23.0 Å². The number of rotatable bonds is 5. The maximum absolute atomic E-state index is 13.1. The molecule has 7 nitrogen and oxygen atoms in total. The SMILES string of the molecule is O=C(Nc1ccccc1N1CCNCC1)c1ccn2ncc(C=Cc3ccccc3)c2n1. The molecule has 0 unspecified atom stereocenters. The van der Waals surface area contributed by atoms with Gasteiger partial charge in [0.1, 0.15) is 5.69 Å². The number of hydrogen-bond acceptors (Lipinski definition) is 5. The van der Waals surface area contributed by atoms with Crippen LogP contribution in [0, 0.1) is 0 Å². The highest BCUT2D eigenvalue weighted by Crippen LogP contribution is 2.26. The average Bonchev–Trinajstić information content (AvgIpc) is 3.26. The van der Waals surface area contributed by atoms with Gasteiger partial charge in [-0.25, -0.2) is 9.50 Å². The second kappa shape index (κ2) is 9.03. The van der Waals surface area contributed by atoms with Crippen molar-refractivity contribution in [2.45, 2.75) is 0 Å².